The van der Waals surface area contributed by atoms with Crippen molar-refractivity contribution in [1.29, 1.82) is 0 Å². The Balaban J connectivity index is 0.00000306. The van der Waals surface area contributed by atoms with Gasteiger partial charge in [-0.05, 0) is 95.0 Å². The summed E-state index contributed by atoms with van der Waals surface area (Å²) in [7, 11) is 2.18. The standard InChI is InChI=1S/C26H39N3O3.ClH/c1-19(2)32-25(30)11-6-20-4-8-23(9-5-20)28-16-17-29(26(28)31)24-10-7-21-12-14-27(3)15-13-22(21)18-24;/h7,10,18-20,23H,4-6,8-9,11-17H2,1-3H3;1H. The molecule has 2 heterocycles. The second kappa shape index (κ2) is 11.6. The smallest absolute Gasteiger partial charge is 0.324 e. The molecule has 1 aliphatic carbocycles. The molecular weight excluding hydrogens is 438 g/mol. The first-order chi connectivity index (χ1) is 15.4. The topological polar surface area (TPSA) is 53.1 Å². The zero-order chi connectivity index (χ0) is 22.7. The lowest BCUT2D eigenvalue weighted by Gasteiger charge is -2.34. The van der Waals surface area contributed by atoms with Crippen molar-refractivity contribution in [2.45, 2.75) is 77.4 Å². The van der Waals surface area contributed by atoms with Crippen LogP contribution in [0.2, 0.25) is 0 Å². The Kier molecular flexibility index (Phi) is 9.05. The first-order valence-electron chi connectivity index (χ1n) is 12.5. The maximum absolute atomic E-state index is 13.3. The Hall–Kier alpha value is -1.79. The number of nitrogens with zero attached hydrogens (tertiary/aromatic N) is 3. The van der Waals surface area contributed by atoms with Crippen LogP contribution in [0.25, 0.3) is 0 Å². The quantitative estimate of drug-likeness (QED) is 0.558. The number of hydrogen-bond donors (Lipinski definition) is 0. The first-order valence-corrected chi connectivity index (χ1v) is 12.5. The molecule has 184 valence electrons. The van der Waals surface area contributed by atoms with Gasteiger partial charge in [-0.2, -0.15) is 0 Å². The third-order valence-corrected chi connectivity index (χ3v) is 7.45. The van der Waals surface area contributed by atoms with Crippen LogP contribution in [0.5, 0.6) is 0 Å². The third kappa shape index (κ3) is 6.42. The molecule has 2 fully saturated rings. The molecule has 0 unspecified atom stereocenters. The summed E-state index contributed by atoms with van der Waals surface area (Å²) in [6.45, 7) is 7.56. The number of fused-ring (bicyclic) bond motifs is 1. The summed E-state index contributed by atoms with van der Waals surface area (Å²) < 4.78 is 5.26. The number of carbonyl (C=O) groups excluding carboxylic acids is 2. The average molecular weight is 478 g/mol. The molecule has 0 N–H and O–H groups in total. The van der Waals surface area contributed by atoms with Gasteiger partial charge in [-0.3, -0.25) is 9.69 Å². The van der Waals surface area contributed by atoms with Crippen LogP contribution in [0.1, 0.15) is 63.5 Å². The molecule has 2 aliphatic heterocycles. The van der Waals surface area contributed by atoms with Gasteiger partial charge < -0.3 is 14.5 Å². The molecule has 1 aromatic carbocycles. The fraction of sp³-hybridized carbons (Fsp3) is 0.692. The fourth-order valence-corrected chi connectivity index (χ4v) is 5.51. The van der Waals surface area contributed by atoms with Crippen LogP contribution in [-0.4, -0.2) is 67.2 Å². The van der Waals surface area contributed by atoms with E-state index in [9.17, 15) is 9.59 Å². The van der Waals surface area contributed by atoms with Crippen LogP contribution in [-0.2, 0) is 22.4 Å². The first kappa shape index (κ1) is 25.8. The van der Waals surface area contributed by atoms with Crippen LogP contribution in [0.4, 0.5) is 10.5 Å². The highest BCUT2D eigenvalue weighted by molar-refractivity contribution is 5.94. The highest BCUT2D eigenvalue weighted by Gasteiger charge is 2.36. The maximum Gasteiger partial charge on any atom is 0.324 e. The van der Waals surface area contributed by atoms with E-state index in [0.29, 0.717) is 18.4 Å². The number of hydrogen-bond acceptors (Lipinski definition) is 4. The van der Waals surface area contributed by atoms with Crippen LogP contribution >= 0.6 is 12.4 Å². The Morgan fingerprint density at radius 2 is 1.73 bits per heavy atom. The van der Waals surface area contributed by atoms with Crippen LogP contribution in [0.3, 0.4) is 0 Å². The SMILES string of the molecule is CC(C)OC(=O)CCC1CCC(N2CCN(c3ccc4c(c3)CCN(C)CC4)C2=O)CC1.Cl. The fourth-order valence-electron chi connectivity index (χ4n) is 5.51. The van der Waals surface area contributed by atoms with Crippen molar-refractivity contribution in [1.82, 2.24) is 9.80 Å². The summed E-state index contributed by atoms with van der Waals surface area (Å²) in [6.07, 6.45) is 7.79. The van der Waals surface area contributed by atoms with Gasteiger partial charge in [0.25, 0.3) is 0 Å². The Bertz CT molecular complexity index is 823. The van der Waals surface area contributed by atoms with E-state index in [0.717, 1.165) is 76.8 Å². The number of likely N-dealkylation sites (N-methyl/N-ethyl adjacent to an activating group) is 1. The van der Waals surface area contributed by atoms with Gasteiger partial charge in [0.2, 0.25) is 0 Å². The molecule has 1 aromatic rings. The number of halogens is 1. The van der Waals surface area contributed by atoms with E-state index in [4.69, 9.17) is 4.74 Å². The monoisotopic (exact) mass is 477 g/mol. The minimum atomic E-state index is -0.0834. The van der Waals surface area contributed by atoms with Crippen LogP contribution in [0, 0.1) is 5.92 Å². The summed E-state index contributed by atoms with van der Waals surface area (Å²) in [5.74, 6) is 0.488. The molecule has 7 heteroatoms. The summed E-state index contributed by atoms with van der Waals surface area (Å²) in [6, 6.07) is 7.12. The molecule has 6 nitrogen and oxygen atoms in total. The number of amides is 2. The molecule has 1 saturated carbocycles. The van der Waals surface area contributed by atoms with Crippen molar-refractivity contribution in [3.63, 3.8) is 0 Å². The number of anilines is 1. The molecule has 33 heavy (non-hydrogen) atoms. The van der Waals surface area contributed by atoms with Crippen molar-refractivity contribution in [2.24, 2.45) is 5.92 Å². The molecule has 0 radical (unpaired) electrons. The van der Waals surface area contributed by atoms with Gasteiger partial charge in [0.05, 0.1) is 6.10 Å². The molecule has 0 aromatic heterocycles. The summed E-state index contributed by atoms with van der Waals surface area (Å²) >= 11 is 0. The molecule has 1 saturated heterocycles. The van der Waals surface area contributed by atoms with Gasteiger partial charge in [-0.15, -0.1) is 12.4 Å². The molecule has 0 bridgehead atoms. The largest absolute Gasteiger partial charge is 0.463 e. The lowest BCUT2D eigenvalue weighted by atomic mass is 9.83. The number of urea groups is 1. The predicted octanol–water partition coefficient (Wildman–Crippen LogP) is 4.67. The summed E-state index contributed by atoms with van der Waals surface area (Å²) in [4.78, 5) is 31.6. The van der Waals surface area contributed by atoms with Crippen molar-refractivity contribution in [2.75, 3.05) is 38.1 Å². The van der Waals surface area contributed by atoms with E-state index in [-0.39, 0.29) is 30.5 Å². The van der Waals surface area contributed by atoms with E-state index >= 15 is 0 Å². The predicted molar refractivity (Wildman–Crippen MR) is 134 cm³/mol. The van der Waals surface area contributed by atoms with E-state index in [1.165, 1.54) is 11.1 Å². The minimum absolute atomic E-state index is 0. The highest BCUT2D eigenvalue weighted by Crippen LogP contribution is 2.33. The molecular formula is C26H40ClN3O3. The van der Waals surface area contributed by atoms with E-state index < -0.39 is 0 Å². The Morgan fingerprint density at radius 1 is 1.03 bits per heavy atom. The van der Waals surface area contributed by atoms with Gasteiger partial charge in [0.15, 0.2) is 0 Å². The number of benzene rings is 1. The van der Waals surface area contributed by atoms with E-state index in [1.807, 2.05) is 18.7 Å². The van der Waals surface area contributed by atoms with E-state index in [2.05, 4.69) is 35.0 Å². The second-order valence-electron chi connectivity index (χ2n) is 10.1. The molecule has 4 rings (SSSR count). The lowest BCUT2D eigenvalue weighted by molar-refractivity contribution is -0.147. The van der Waals surface area contributed by atoms with Gasteiger partial charge in [0, 0.05) is 44.3 Å². The zero-order valence-corrected chi connectivity index (χ0v) is 21.2. The average Bonchev–Trinajstić information content (AvgIpc) is 3.05. The van der Waals surface area contributed by atoms with Crippen molar-refractivity contribution in [3.05, 3.63) is 29.3 Å². The molecule has 0 spiro atoms. The van der Waals surface area contributed by atoms with Crippen molar-refractivity contribution in [3.8, 4) is 0 Å². The molecule has 3 aliphatic rings. The van der Waals surface area contributed by atoms with Gasteiger partial charge in [-0.1, -0.05) is 6.07 Å². The van der Waals surface area contributed by atoms with Gasteiger partial charge >= 0.3 is 12.0 Å². The number of esters is 1. The lowest BCUT2D eigenvalue weighted by Crippen LogP contribution is -2.41. The third-order valence-electron chi connectivity index (χ3n) is 7.45. The Morgan fingerprint density at radius 3 is 2.42 bits per heavy atom. The Labute approximate surface area is 205 Å². The number of ether oxygens (including phenoxy) is 1. The number of rotatable bonds is 6. The summed E-state index contributed by atoms with van der Waals surface area (Å²) in [5.41, 5.74) is 3.88. The molecule has 2 amide bonds. The normalized spacial score (nSPS) is 23.8. The zero-order valence-electron chi connectivity index (χ0n) is 20.4. The van der Waals surface area contributed by atoms with Crippen LogP contribution in [0.15, 0.2) is 18.2 Å². The van der Waals surface area contributed by atoms with Crippen molar-refractivity contribution < 1.29 is 14.3 Å². The van der Waals surface area contributed by atoms with Gasteiger partial charge in [0.1, 0.15) is 0 Å². The van der Waals surface area contributed by atoms with Crippen LogP contribution < -0.4 is 4.90 Å². The highest BCUT2D eigenvalue weighted by atomic mass is 35.5. The maximum atomic E-state index is 13.3. The number of carbonyl (C=O) groups is 2. The minimum Gasteiger partial charge on any atom is -0.463 e. The van der Waals surface area contributed by atoms with E-state index in [1.54, 1.807) is 0 Å². The van der Waals surface area contributed by atoms with Crippen molar-refractivity contribution >= 4 is 30.1 Å². The van der Waals surface area contributed by atoms with Gasteiger partial charge in [-0.25, -0.2) is 4.79 Å². The molecule has 0 atom stereocenters. The second-order valence-corrected chi connectivity index (χ2v) is 10.1. The summed E-state index contributed by atoms with van der Waals surface area (Å²) in [5, 5.41) is 0.